The molecule has 2 heterocycles. The number of rotatable bonds is 7. The summed E-state index contributed by atoms with van der Waals surface area (Å²) in [5.74, 6) is -1.99. The van der Waals surface area contributed by atoms with Gasteiger partial charge in [-0.05, 0) is 30.0 Å². The molecule has 0 bridgehead atoms. The van der Waals surface area contributed by atoms with E-state index in [1.807, 2.05) is 0 Å². The van der Waals surface area contributed by atoms with Gasteiger partial charge in [0, 0.05) is 24.2 Å². The monoisotopic (exact) mass is 352 g/mol. The van der Waals surface area contributed by atoms with Gasteiger partial charge in [-0.25, -0.2) is 4.98 Å². The SMILES string of the molecule is C=CC[C@H]1CN(S(=O)(=O)Nc2ccccn2)C[C@@]1(N=[N+]=[N-])C(=O)O. The van der Waals surface area contributed by atoms with Crippen LogP contribution in [-0.4, -0.2) is 47.4 Å². The van der Waals surface area contributed by atoms with Crippen molar-refractivity contribution in [3.8, 4) is 0 Å². The number of azide groups is 1. The van der Waals surface area contributed by atoms with Gasteiger partial charge in [0.2, 0.25) is 0 Å². The van der Waals surface area contributed by atoms with Gasteiger partial charge >= 0.3 is 16.2 Å². The van der Waals surface area contributed by atoms with Gasteiger partial charge in [-0.2, -0.15) is 12.7 Å². The number of carboxylic acid groups (broad SMARTS) is 1. The average molecular weight is 352 g/mol. The fourth-order valence-electron chi connectivity index (χ4n) is 2.61. The minimum atomic E-state index is -4.05. The topological polar surface area (TPSA) is 148 Å². The molecule has 0 amide bonds. The Kier molecular flexibility index (Phi) is 5.07. The first kappa shape index (κ1) is 17.7. The van der Waals surface area contributed by atoms with Gasteiger partial charge in [0.15, 0.2) is 5.54 Å². The third-order valence-corrected chi connectivity index (χ3v) is 5.22. The molecule has 0 saturated carbocycles. The van der Waals surface area contributed by atoms with Crippen LogP contribution < -0.4 is 4.72 Å². The maximum absolute atomic E-state index is 12.5. The van der Waals surface area contributed by atoms with Crippen molar-refractivity contribution in [2.24, 2.45) is 11.0 Å². The third kappa shape index (κ3) is 3.32. The van der Waals surface area contributed by atoms with Gasteiger partial charge in [-0.1, -0.05) is 17.3 Å². The third-order valence-electron chi connectivity index (χ3n) is 3.80. The maximum atomic E-state index is 12.5. The van der Waals surface area contributed by atoms with E-state index in [1.165, 1.54) is 18.3 Å². The molecule has 0 spiro atoms. The molecule has 1 saturated heterocycles. The Hall–Kier alpha value is -2.62. The van der Waals surface area contributed by atoms with E-state index in [9.17, 15) is 18.3 Å². The molecule has 0 unspecified atom stereocenters. The average Bonchev–Trinajstić information content (AvgIpc) is 2.90. The van der Waals surface area contributed by atoms with Crippen LogP contribution >= 0.6 is 0 Å². The summed E-state index contributed by atoms with van der Waals surface area (Å²) in [7, 11) is -4.05. The van der Waals surface area contributed by atoms with Crippen molar-refractivity contribution in [2.45, 2.75) is 12.0 Å². The van der Waals surface area contributed by atoms with Crippen molar-refractivity contribution in [1.29, 1.82) is 0 Å². The number of hydrogen-bond acceptors (Lipinski definition) is 5. The van der Waals surface area contributed by atoms with Crippen molar-refractivity contribution in [3.63, 3.8) is 0 Å². The summed E-state index contributed by atoms with van der Waals surface area (Å²) in [5.41, 5.74) is 6.85. The molecular weight excluding hydrogens is 336 g/mol. The lowest BCUT2D eigenvalue weighted by atomic mass is 9.85. The Bertz CT molecular complexity index is 773. The number of aromatic nitrogens is 1. The first-order chi connectivity index (χ1) is 11.4. The first-order valence-electron chi connectivity index (χ1n) is 6.95. The number of nitrogens with one attached hydrogen (secondary N) is 1. The molecule has 0 radical (unpaired) electrons. The Morgan fingerprint density at radius 3 is 2.96 bits per heavy atom. The molecule has 11 heteroatoms. The van der Waals surface area contributed by atoms with Gasteiger partial charge < -0.3 is 5.11 Å². The number of nitrogens with zero attached hydrogens (tertiary/aromatic N) is 5. The number of carboxylic acids is 1. The predicted molar refractivity (Wildman–Crippen MR) is 86.2 cm³/mol. The number of anilines is 1. The standard InChI is InChI=1S/C13H16N6O4S/c1-2-5-10-8-19(9-13(10,12(20)21)17-18-14)24(22,23)16-11-6-3-4-7-15-11/h2-4,6-7,10H,1,5,8-9H2,(H,15,16)(H,20,21)/t10-,13-/m0/s1. The number of pyridine rings is 1. The molecule has 1 aromatic heterocycles. The second-order valence-electron chi connectivity index (χ2n) is 5.25. The molecule has 2 rings (SSSR count). The fraction of sp³-hybridized carbons (Fsp3) is 0.385. The van der Waals surface area contributed by atoms with Crippen LogP contribution in [0, 0.1) is 5.92 Å². The highest BCUT2D eigenvalue weighted by Gasteiger charge is 2.54. The zero-order valence-electron chi connectivity index (χ0n) is 12.6. The van der Waals surface area contributed by atoms with Crippen molar-refractivity contribution >= 4 is 22.0 Å². The molecule has 24 heavy (non-hydrogen) atoms. The van der Waals surface area contributed by atoms with Crippen molar-refractivity contribution < 1.29 is 18.3 Å². The Balaban J connectivity index is 2.34. The maximum Gasteiger partial charge on any atom is 0.317 e. The van der Waals surface area contributed by atoms with E-state index in [-0.39, 0.29) is 18.8 Å². The second-order valence-corrected chi connectivity index (χ2v) is 6.93. The molecule has 10 nitrogen and oxygen atoms in total. The summed E-state index contributed by atoms with van der Waals surface area (Å²) in [6.45, 7) is 2.97. The summed E-state index contributed by atoms with van der Waals surface area (Å²) in [6.07, 6.45) is 3.09. The van der Waals surface area contributed by atoms with Crippen molar-refractivity contribution in [3.05, 3.63) is 47.5 Å². The highest BCUT2D eigenvalue weighted by molar-refractivity contribution is 7.90. The molecule has 128 valence electrons. The van der Waals surface area contributed by atoms with E-state index in [0.717, 1.165) is 4.31 Å². The normalized spacial score (nSPS) is 24.1. The number of hydrogen-bond donors (Lipinski definition) is 2. The lowest BCUT2D eigenvalue weighted by molar-refractivity contribution is -0.144. The van der Waals surface area contributed by atoms with Crippen LogP contribution in [0.1, 0.15) is 6.42 Å². The van der Waals surface area contributed by atoms with Crippen LogP contribution in [0.3, 0.4) is 0 Å². The Morgan fingerprint density at radius 2 is 2.42 bits per heavy atom. The molecule has 2 N–H and O–H groups in total. The van der Waals surface area contributed by atoms with Crippen LogP contribution in [0.2, 0.25) is 0 Å². The zero-order chi connectivity index (χ0) is 17.8. The minimum Gasteiger partial charge on any atom is -0.481 e. The summed E-state index contributed by atoms with van der Waals surface area (Å²) < 4.78 is 28.2. The van der Waals surface area contributed by atoms with E-state index < -0.39 is 34.2 Å². The second kappa shape index (κ2) is 6.87. The lowest BCUT2D eigenvalue weighted by Gasteiger charge is -2.23. The van der Waals surface area contributed by atoms with Crippen LogP contribution in [0.15, 0.2) is 42.2 Å². The van der Waals surface area contributed by atoms with Gasteiger partial charge in [-0.3, -0.25) is 9.52 Å². The van der Waals surface area contributed by atoms with Crippen molar-refractivity contribution in [2.75, 3.05) is 17.8 Å². The lowest BCUT2D eigenvalue weighted by Crippen LogP contribution is -2.45. The molecule has 1 aliphatic heterocycles. The number of allylic oxidation sites excluding steroid dienone is 1. The van der Waals surface area contributed by atoms with Gasteiger partial charge in [0.25, 0.3) is 0 Å². The zero-order valence-corrected chi connectivity index (χ0v) is 13.4. The van der Waals surface area contributed by atoms with Crippen LogP contribution in [0.25, 0.3) is 10.4 Å². The molecular formula is C13H16N6O4S. The predicted octanol–water partition coefficient (Wildman–Crippen LogP) is 1.38. The van der Waals surface area contributed by atoms with Crippen LogP contribution in [-0.2, 0) is 15.0 Å². The first-order valence-corrected chi connectivity index (χ1v) is 8.39. The van der Waals surface area contributed by atoms with E-state index >= 15 is 0 Å². The van der Waals surface area contributed by atoms with E-state index in [0.29, 0.717) is 0 Å². The smallest absolute Gasteiger partial charge is 0.317 e. The number of aliphatic carboxylic acids is 1. The summed E-state index contributed by atoms with van der Waals surface area (Å²) >= 11 is 0. The van der Waals surface area contributed by atoms with Gasteiger partial charge in [0.05, 0.1) is 0 Å². The Labute approximate surface area is 138 Å². The molecule has 1 aromatic rings. The van der Waals surface area contributed by atoms with E-state index in [2.05, 4.69) is 26.3 Å². The fourth-order valence-corrected chi connectivity index (χ4v) is 3.87. The molecule has 1 fully saturated rings. The summed E-state index contributed by atoms with van der Waals surface area (Å²) in [6, 6.07) is 4.70. The molecule has 1 aliphatic rings. The summed E-state index contributed by atoms with van der Waals surface area (Å²) in [5, 5.41) is 12.9. The Morgan fingerprint density at radius 1 is 1.67 bits per heavy atom. The van der Waals surface area contributed by atoms with E-state index in [4.69, 9.17) is 5.53 Å². The van der Waals surface area contributed by atoms with Crippen LogP contribution in [0.5, 0.6) is 0 Å². The minimum absolute atomic E-state index is 0.106. The molecule has 0 aromatic carbocycles. The van der Waals surface area contributed by atoms with Gasteiger partial charge in [0.1, 0.15) is 5.82 Å². The highest BCUT2D eigenvalue weighted by Crippen LogP contribution is 2.36. The quantitative estimate of drug-likeness (QED) is 0.329. The molecule has 2 atom stereocenters. The summed E-state index contributed by atoms with van der Waals surface area (Å²) in [4.78, 5) is 18.1. The van der Waals surface area contributed by atoms with Crippen molar-refractivity contribution in [1.82, 2.24) is 9.29 Å². The highest BCUT2D eigenvalue weighted by atomic mass is 32.2. The number of carbonyl (C=O) groups is 1. The van der Waals surface area contributed by atoms with Gasteiger partial charge in [-0.15, -0.1) is 6.58 Å². The molecule has 0 aliphatic carbocycles. The largest absolute Gasteiger partial charge is 0.481 e. The van der Waals surface area contributed by atoms with Crippen LogP contribution in [0.4, 0.5) is 5.82 Å². The van der Waals surface area contributed by atoms with E-state index in [1.54, 1.807) is 12.1 Å².